The van der Waals surface area contributed by atoms with Gasteiger partial charge in [0.15, 0.2) is 0 Å². The van der Waals surface area contributed by atoms with Crippen molar-refractivity contribution in [2.75, 3.05) is 60.5 Å². The second-order valence-electron chi connectivity index (χ2n) is 7.37. The van der Waals surface area contributed by atoms with Gasteiger partial charge in [-0.2, -0.15) is 0 Å². The van der Waals surface area contributed by atoms with Gasteiger partial charge >= 0.3 is 0 Å². The molecule has 0 saturated carbocycles. The van der Waals surface area contributed by atoms with Crippen molar-refractivity contribution in [3.05, 3.63) is 29.8 Å². The first-order chi connectivity index (χ1) is 11.9. The van der Waals surface area contributed by atoms with Crippen molar-refractivity contribution in [2.45, 2.75) is 6.42 Å². The molecule has 0 radical (unpaired) electrons. The zero-order valence-electron chi connectivity index (χ0n) is 15.6. The molecule has 0 unspecified atom stereocenters. The van der Waals surface area contributed by atoms with Gasteiger partial charge in [0.05, 0.1) is 6.42 Å². The molecule has 0 aromatic heterocycles. The van der Waals surface area contributed by atoms with Crippen molar-refractivity contribution in [1.82, 2.24) is 14.7 Å². The van der Waals surface area contributed by atoms with Crippen LogP contribution in [0.4, 0.5) is 0 Å². The summed E-state index contributed by atoms with van der Waals surface area (Å²) in [7, 11) is 6.20. The normalized spacial score (nSPS) is 20.6. The summed E-state index contributed by atoms with van der Waals surface area (Å²) >= 11 is 0. The van der Waals surface area contributed by atoms with Crippen molar-refractivity contribution < 1.29 is 15.0 Å². The van der Waals surface area contributed by atoms with Crippen LogP contribution >= 0.6 is 0 Å². The Kier molecular flexibility index (Phi) is 7.23. The Hall–Kier alpha value is -1.63. The molecular weight excluding hydrogens is 318 g/mol. The first kappa shape index (κ1) is 19.7. The van der Waals surface area contributed by atoms with Crippen LogP contribution in [0.25, 0.3) is 0 Å². The van der Waals surface area contributed by atoms with E-state index >= 15 is 0 Å². The molecule has 6 nitrogen and oxygen atoms in total. The number of phenolic OH excluding ortho intramolecular Hbond substituents is 1. The Morgan fingerprint density at radius 3 is 2.48 bits per heavy atom. The minimum absolute atomic E-state index is 0.0124. The molecular formula is C19H31N3O3. The largest absolute Gasteiger partial charge is 0.508 e. The number of amides is 1. The average Bonchev–Trinajstić information content (AvgIpc) is 2.98. The fourth-order valence-corrected chi connectivity index (χ4v) is 3.35. The van der Waals surface area contributed by atoms with Gasteiger partial charge in [0.2, 0.25) is 5.91 Å². The zero-order chi connectivity index (χ0) is 18.4. The van der Waals surface area contributed by atoms with E-state index in [9.17, 15) is 15.0 Å². The number of aromatic hydroxyl groups is 1. The highest BCUT2D eigenvalue weighted by Gasteiger charge is 2.35. The Labute approximate surface area is 150 Å². The predicted octanol–water partition coefficient (Wildman–Crippen LogP) is 0.495. The summed E-state index contributed by atoms with van der Waals surface area (Å²) in [5, 5.41) is 19.5. The third-order valence-corrected chi connectivity index (χ3v) is 4.97. The van der Waals surface area contributed by atoms with Crippen molar-refractivity contribution in [2.24, 2.45) is 11.8 Å². The number of nitrogens with zero attached hydrogens (tertiary/aromatic N) is 3. The average molecular weight is 349 g/mol. The molecule has 2 atom stereocenters. The maximum absolute atomic E-state index is 12.6. The molecule has 25 heavy (non-hydrogen) atoms. The summed E-state index contributed by atoms with van der Waals surface area (Å²) in [5.74, 6) is 0.577. The number of hydrogen-bond donors (Lipinski definition) is 2. The number of likely N-dealkylation sites (tertiary alicyclic amines) is 1. The number of benzene rings is 1. The molecule has 1 heterocycles. The SMILES string of the molecule is CN(C)CCN(C)C[C@@H]1CN(C(=O)Cc2ccccc2O)C[C@@H]1CO. The van der Waals surface area contributed by atoms with E-state index in [4.69, 9.17) is 0 Å². The van der Waals surface area contributed by atoms with Gasteiger partial charge < -0.3 is 24.9 Å². The smallest absolute Gasteiger partial charge is 0.227 e. The number of para-hydroxylation sites is 1. The monoisotopic (exact) mass is 349 g/mol. The van der Waals surface area contributed by atoms with Crippen LogP contribution in [0, 0.1) is 11.8 Å². The molecule has 1 fully saturated rings. The van der Waals surface area contributed by atoms with Crippen molar-refractivity contribution in [3.63, 3.8) is 0 Å². The van der Waals surface area contributed by atoms with Gasteiger partial charge in [-0.1, -0.05) is 18.2 Å². The van der Waals surface area contributed by atoms with Crippen LogP contribution in [-0.4, -0.2) is 91.3 Å². The highest BCUT2D eigenvalue weighted by Crippen LogP contribution is 2.25. The van der Waals surface area contributed by atoms with E-state index in [1.807, 2.05) is 11.0 Å². The predicted molar refractivity (Wildman–Crippen MR) is 98.5 cm³/mol. The summed E-state index contributed by atoms with van der Waals surface area (Å²) in [6.07, 6.45) is 0.202. The maximum atomic E-state index is 12.6. The number of likely N-dealkylation sites (N-methyl/N-ethyl adjacent to an activating group) is 2. The highest BCUT2D eigenvalue weighted by atomic mass is 16.3. The molecule has 0 bridgehead atoms. The summed E-state index contributed by atoms with van der Waals surface area (Å²) < 4.78 is 0. The number of rotatable bonds is 8. The van der Waals surface area contributed by atoms with Gasteiger partial charge in [-0.05, 0) is 33.1 Å². The lowest BCUT2D eigenvalue weighted by atomic mass is 9.96. The van der Waals surface area contributed by atoms with Crippen LogP contribution in [0.15, 0.2) is 24.3 Å². The van der Waals surface area contributed by atoms with Crippen LogP contribution in [0.3, 0.4) is 0 Å². The number of carbonyl (C=O) groups is 1. The third kappa shape index (κ3) is 5.70. The molecule has 1 aromatic rings. The van der Waals surface area contributed by atoms with E-state index in [1.165, 1.54) is 0 Å². The Morgan fingerprint density at radius 1 is 1.16 bits per heavy atom. The summed E-state index contributed by atoms with van der Waals surface area (Å²) in [5.41, 5.74) is 0.652. The highest BCUT2D eigenvalue weighted by molar-refractivity contribution is 5.79. The first-order valence-electron chi connectivity index (χ1n) is 8.89. The minimum atomic E-state index is 0.0124. The minimum Gasteiger partial charge on any atom is -0.508 e. The van der Waals surface area contributed by atoms with E-state index < -0.39 is 0 Å². The lowest BCUT2D eigenvalue weighted by Gasteiger charge is -2.25. The summed E-state index contributed by atoms with van der Waals surface area (Å²) in [6.45, 7) is 4.20. The first-order valence-corrected chi connectivity index (χ1v) is 8.89. The molecule has 1 aliphatic rings. The van der Waals surface area contributed by atoms with E-state index in [0.29, 0.717) is 18.7 Å². The topological polar surface area (TPSA) is 67.2 Å². The lowest BCUT2D eigenvalue weighted by molar-refractivity contribution is -0.129. The molecule has 2 rings (SSSR count). The van der Waals surface area contributed by atoms with Crippen molar-refractivity contribution in [1.29, 1.82) is 0 Å². The zero-order valence-corrected chi connectivity index (χ0v) is 15.6. The molecule has 1 saturated heterocycles. The van der Waals surface area contributed by atoms with Crippen molar-refractivity contribution in [3.8, 4) is 5.75 Å². The van der Waals surface area contributed by atoms with Crippen molar-refractivity contribution >= 4 is 5.91 Å². The van der Waals surface area contributed by atoms with Gasteiger partial charge in [-0.25, -0.2) is 0 Å². The fourth-order valence-electron chi connectivity index (χ4n) is 3.35. The number of phenols is 1. The molecule has 1 aromatic carbocycles. The van der Waals surface area contributed by atoms with Crippen LogP contribution in [0.1, 0.15) is 5.56 Å². The van der Waals surface area contributed by atoms with Crippen LogP contribution in [0.5, 0.6) is 5.75 Å². The van der Waals surface area contributed by atoms with Gasteiger partial charge in [0.1, 0.15) is 5.75 Å². The van der Waals surface area contributed by atoms with Crippen LogP contribution in [-0.2, 0) is 11.2 Å². The molecule has 1 amide bonds. The Bertz CT molecular complexity index is 565. The van der Waals surface area contributed by atoms with Crippen LogP contribution < -0.4 is 0 Å². The molecule has 140 valence electrons. The number of hydrogen-bond acceptors (Lipinski definition) is 5. The lowest BCUT2D eigenvalue weighted by Crippen LogP contribution is -2.35. The Balaban J connectivity index is 1.91. The van der Waals surface area contributed by atoms with E-state index in [0.717, 1.165) is 19.6 Å². The quantitative estimate of drug-likeness (QED) is 0.715. The van der Waals surface area contributed by atoms with Gasteiger partial charge in [-0.15, -0.1) is 0 Å². The molecule has 0 spiro atoms. The standard InChI is InChI=1S/C19H31N3O3/c1-20(2)8-9-21(3)11-16-12-22(13-17(16)14-23)19(25)10-15-6-4-5-7-18(15)24/h4-7,16-17,23-24H,8-14H2,1-3H3/t16-,17-/m1/s1. The molecule has 0 aliphatic carbocycles. The van der Waals surface area contributed by atoms with E-state index in [2.05, 4.69) is 30.9 Å². The summed E-state index contributed by atoms with van der Waals surface area (Å²) in [4.78, 5) is 18.8. The third-order valence-electron chi connectivity index (χ3n) is 4.97. The second-order valence-corrected chi connectivity index (χ2v) is 7.37. The second kappa shape index (κ2) is 9.17. The fraction of sp³-hybridized carbons (Fsp3) is 0.632. The van der Waals surface area contributed by atoms with Gasteiger partial charge in [-0.3, -0.25) is 4.79 Å². The molecule has 1 aliphatic heterocycles. The molecule has 6 heteroatoms. The number of carbonyl (C=O) groups excluding carboxylic acids is 1. The Morgan fingerprint density at radius 2 is 1.84 bits per heavy atom. The van der Waals surface area contributed by atoms with Crippen LogP contribution in [0.2, 0.25) is 0 Å². The number of aliphatic hydroxyl groups is 1. The van der Waals surface area contributed by atoms with Gasteiger partial charge in [0, 0.05) is 50.8 Å². The molecule has 2 N–H and O–H groups in total. The summed E-state index contributed by atoms with van der Waals surface area (Å²) in [6, 6.07) is 6.96. The maximum Gasteiger partial charge on any atom is 0.227 e. The van der Waals surface area contributed by atoms with Gasteiger partial charge in [0.25, 0.3) is 0 Å². The van der Waals surface area contributed by atoms with E-state index in [-0.39, 0.29) is 36.5 Å². The van der Waals surface area contributed by atoms with E-state index in [1.54, 1.807) is 18.2 Å². The number of aliphatic hydroxyl groups excluding tert-OH is 1.